The summed E-state index contributed by atoms with van der Waals surface area (Å²) in [6.07, 6.45) is 0.801. The van der Waals surface area contributed by atoms with Crippen LogP contribution in [-0.2, 0) is 4.79 Å². The second-order valence-electron chi connectivity index (χ2n) is 5.55. The molecule has 0 fully saturated rings. The number of nitrogens with two attached hydrogens (primary N) is 1. The van der Waals surface area contributed by atoms with E-state index in [0.717, 1.165) is 18.2 Å². The van der Waals surface area contributed by atoms with Gasteiger partial charge in [0.05, 0.1) is 30.1 Å². The van der Waals surface area contributed by atoms with E-state index in [0.29, 0.717) is 35.4 Å². The largest absolute Gasteiger partial charge is 0.490 e. The Labute approximate surface area is 159 Å². The van der Waals surface area contributed by atoms with Crippen molar-refractivity contribution in [3.63, 3.8) is 0 Å². The molecule has 1 amide bonds. The van der Waals surface area contributed by atoms with Gasteiger partial charge >= 0.3 is 0 Å². The fourth-order valence-electron chi connectivity index (χ4n) is 2.36. The molecule has 1 aliphatic heterocycles. The Bertz CT molecular complexity index is 965. The summed E-state index contributed by atoms with van der Waals surface area (Å²) in [5, 5.41) is 21.2. The van der Waals surface area contributed by atoms with Crippen molar-refractivity contribution >= 4 is 29.2 Å². The number of nitriles is 2. The third-order valence-electron chi connectivity index (χ3n) is 3.63. The molecule has 1 aliphatic rings. The number of carbonyl (C=O) groups excluding carboxylic acids is 1. The summed E-state index contributed by atoms with van der Waals surface area (Å²) in [5.41, 5.74) is 6.60. The zero-order valence-electron chi connectivity index (χ0n) is 14.2. The number of hydrogen-bond acceptors (Lipinski definition) is 8. The van der Waals surface area contributed by atoms with Crippen LogP contribution >= 0.6 is 11.8 Å². The minimum Gasteiger partial charge on any atom is -0.490 e. The van der Waals surface area contributed by atoms with Gasteiger partial charge in [-0.1, -0.05) is 11.8 Å². The molecule has 0 aliphatic carbocycles. The van der Waals surface area contributed by atoms with E-state index in [9.17, 15) is 10.1 Å². The molecular formula is C18H15N5O3S. The van der Waals surface area contributed by atoms with Gasteiger partial charge in [0, 0.05) is 18.2 Å². The number of ether oxygens (including phenoxy) is 2. The number of rotatable bonds is 4. The van der Waals surface area contributed by atoms with Gasteiger partial charge in [-0.05, 0) is 18.2 Å². The van der Waals surface area contributed by atoms with Crippen LogP contribution in [0.4, 0.5) is 11.5 Å². The fraction of sp³-hybridized carbons (Fsp3) is 0.222. The quantitative estimate of drug-likeness (QED) is 0.771. The minimum absolute atomic E-state index is 0.0292. The molecule has 136 valence electrons. The predicted molar refractivity (Wildman–Crippen MR) is 99.5 cm³/mol. The van der Waals surface area contributed by atoms with Crippen molar-refractivity contribution in [3.8, 4) is 23.6 Å². The van der Waals surface area contributed by atoms with Crippen molar-refractivity contribution < 1.29 is 14.3 Å². The number of benzene rings is 1. The average molecular weight is 381 g/mol. The van der Waals surface area contributed by atoms with E-state index in [1.165, 1.54) is 6.07 Å². The summed E-state index contributed by atoms with van der Waals surface area (Å²) in [4.78, 5) is 16.3. The van der Waals surface area contributed by atoms with E-state index in [1.54, 1.807) is 18.2 Å². The van der Waals surface area contributed by atoms with Gasteiger partial charge in [0.25, 0.3) is 0 Å². The summed E-state index contributed by atoms with van der Waals surface area (Å²) >= 11 is 1.07. The highest BCUT2D eigenvalue weighted by Gasteiger charge is 2.14. The van der Waals surface area contributed by atoms with Crippen LogP contribution in [0.5, 0.6) is 11.5 Å². The van der Waals surface area contributed by atoms with E-state index in [-0.39, 0.29) is 28.6 Å². The lowest BCUT2D eigenvalue weighted by Crippen LogP contribution is -2.14. The maximum absolute atomic E-state index is 12.2. The zero-order chi connectivity index (χ0) is 19.2. The summed E-state index contributed by atoms with van der Waals surface area (Å²) in [6, 6.07) is 10.4. The minimum atomic E-state index is -0.275. The normalized spacial score (nSPS) is 12.4. The number of thioether (sulfide) groups is 1. The van der Waals surface area contributed by atoms with E-state index in [4.69, 9.17) is 20.5 Å². The van der Waals surface area contributed by atoms with Crippen molar-refractivity contribution in [1.29, 1.82) is 10.5 Å². The van der Waals surface area contributed by atoms with Gasteiger partial charge in [-0.2, -0.15) is 10.5 Å². The van der Waals surface area contributed by atoms with Crippen molar-refractivity contribution in [2.45, 2.75) is 11.4 Å². The van der Waals surface area contributed by atoms with Crippen molar-refractivity contribution in [2.24, 2.45) is 0 Å². The van der Waals surface area contributed by atoms with Crippen LogP contribution in [0, 0.1) is 22.7 Å². The first-order valence-corrected chi connectivity index (χ1v) is 9.02. The van der Waals surface area contributed by atoms with E-state index in [2.05, 4.69) is 10.3 Å². The molecule has 1 aromatic carbocycles. The smallest absolute Gasteiger partial charge is 0.234 e. The third-order valence-corrected chi connectivity index (χ3v) is 4.62. The summed E-state index contributed by atoms with van der Waals surface area (Å²) in [7, 11) is 0. The lowest BCUT2D eigenvalue weighted by Gasteiger charge is -2.10. The standard InChI is InChI=1S/C18H15N5O3S/c19-8-11-6-12(9-20)18(23-17(11)21)27-10-16(24)22-13-2-3-14-15(7-13)26-5-1-4-25-14/h2-3,6-7H,1,4-5,10H2,(H2,21,23)(H,22,24). The van der Waals surface area contributed by atoms with Crippen molar-refractivity contribution in [3.05, 3.63) is 35.4 Å². The van der Waals surface area contributed by atoms with Crippen LogP contribution in [0.25, 0.3) is 0 Å². The van der Waals surface area contributed by atoms with Gasteiger partial charge in [-0.3, -0.25) is 4.79 Å². The molecule has 0 saturated carbocycles. The Hall–Kier alpha value is -3.43. The highest BCUT2D eigenvalue weighted by Crippen LogP contribution is 2.32. The molecule has 0 unspecified atom stereocenters. The van der Waals surface area contributed by atoms with E-state index in [1.807, 2.05) is 12.1 Å². The summed E-state index contributed by atoms with van der Waals surface area (Å²) in [5.74, 6) is 1.02. The molecule has 0 saturated heterocycles. The monoisotopic (exact) mass is 381 g/mol. The molecule has 1 aromatic heterocycles. The van der Waals surface area contributed by atoms with Crippen molar-refractivity contribution in [2.75, 3.05) is 30.0 Å². The Morgan fingerprint density at radius 1 is 1.19 bits per heavy atom. The molecular weight excluding hydrogens is 366 g/mol. The lowest BCUT2D eigenvalue weighted by atomic mass is 10.2. The van der Waals surface area contributed by atoms with Crippen LogP contribution in [0.1, 0.15) is 17.5 Å². The molecule has 2 aromatic rings. The van der Waals surface area contributed by atoms with Crippen molar-refractivity contribution in [1.82, 2.24) is 4.98 Å². The Balaban J connectivity index is 1.66. The Morgan fingerprint density at radius 2 is 1.93 bits per heavy atom. The maximum atomic E-state index is 12.2. The Morgan fingerprint density at radius 3 is 2.67 bits per heavy atom. The summed E-state index contributed by atoms with van der Waals surface area (Å²) in [6.45, 7) is 1.15. The van der Waals surface area contributed by atoms with Gasteiger partial charge in [0.1, 0.15) is 23.0 Å². The van der Waals surface area contributed by atoms with Crippen LogP contribution in [0.15, 0.2) is 29.3 Å². The number of anilines is 2. The average Bonchev–Trinajstić information content (AvgIpc) is 2.91. The van der Waals surface area contributed by atoms with E-state index >= 15 is 0 Å². The molecule has 27 heavy (non-hydrogen) atoms. The molecule has 0 spiro atoms. The number of hydrogen-bond donors (Lipinski definition) is 2. The molecule has 3 rings (SSSR count). The first-order valence-electron chi connectivity index (χ1n) is 8.03. The number of carbonyl (C=O) groups is 1. The summed E-state index contributed by atoms with van der Waals surface area (Å²) < 4.78 is 11.2. The van der Waals surface area contributed by atoms with Gasteiger partial charge in [-0.25, -0.2) is 4.98 Å². The lowest BCUT2D eigenvalue weighted by molar-refractivity contribution is -0.113. The molecule has 0 atom stereocenters. The number of nitrogens with zero attached hydrogens (tertiary/aromatic N) is 3. The molecule has 8 nitrogen and oxygen atoms in total. The molecule has 0 radical (unpaired) electrons. The number of aromatic nitrogens is 1. The highest BCUT2D eigenvalue weighted by molar-refractivity contribution is 8.00. The number of amides is 1. The number of fused-ring (bicyclic) bond motifs is 1. The molecule has 0 bridgehead atoms. The Kier molecular flexibility index (Phi) is 5.64. The van der Waals surface area contributed by atoms with Crippen LogP contribution in [-0.4, -0.2) is 29.9 Å². The zero-order valence-corrected chi connectivity index (χ0v) is 15.0. The molecule has 3 N–H and O–H groups in total. The second kappa shape index (κ2) is 8.30. The topological polar surface area (TPSA) is 134 Å². The number of nitrogen functional groups attached to an aromatic ring is 1. The second-order valence-corrected chi connectivity index (χ2v) is 6.51. The van der Waals surface area contributed by atoms with Gasteiger partial charge in [-0.15, -0.1) is 0 Å². The number of pyridine rings is 1. The first-order chi connectivity index (χ1) is 13.1. The van der Waals surface area contributed by atoms with Crippen LogP contribution in [0.3, 0.4) is 0 Å². The predicted octanol–water partition coefficient (Wildman–Crippen LogP) is 2.30. The first kappa shape index (κ1) is 18.4. The third kappa shape index (κ3) is 4.40. The fourth-order valence-corrected chi connectivity index (χ4v) is 3.12. The highest BCUT2D eigenvalue weighted by atomic mass is 32.2. The van der Waals surface area contributed by atoms with E-state index < -0.39 is 0 Å². The van der Waals surface area contributed by atoms with Gasteiger partial charge in [0.15, 0.2) is 11.5 Å². The number of nitrogens with one attached hydrogen (secondary N) is 1. The SMILES string of the molecule is N#Cc1cc(C#N)c(SCC(=O)Nc2ccc3c(c2)OCCCO3)nc1N. The molecule has 9 heteroatoms. The van der Waals surface area contributed by atoms with Gasteiger partial charge < -0.3 is 20.5 Å². The maximum Gasteiger partial charge on any atom is 0.234 e. The van der Waals surface area contributed by atoms with Crippen LogP contribution < -0.4 is 20.5 Å². The molecule has 2 heterocycles. The van der Waals surface area contributed by atoms with Gasteiger partial charge in [0.2, 0.25) is 5.91 Å². The van der Waals surface area contributed by atoms with Crippen LogP contribution in [0.2, 0.25) is 0 Å².